The second-order valence-electron chi connectivity index (χ2n) is 13.9. The Balaban J connectivity index is 1.25. The lowest BCUT2D eigenvalue weighted by Crippen LogP contribution is -2.53. The Labute approximate surface area is 277 Å². The highest BCUT2D eigenvalue weighted by Crippen LogP contribution is 2.56. The average molecular weight is 645 g/mol. The summed E-state index contributed by atoms with van der Waals surface area (Å²) in [6, 6.07) is 15.6. The van der Waals surface area contributed by atoms with Gasteiger partial charge in [0.15, 0.2) is 5.78 Å². The third-order valence-electron chi connectivity index (χ3n) is 11.0. The van der Waals surface area contributed by atoms with Crippen LogP contribution in [0.25, 0.3) is 0 Å². The molecule has 4 atom stereocenters. The number of aliphatic hydroxyl groups is 1. The van der Waals surface area contributed by atoms with Crippen molar-refractivity contribution in [3.63, 3.8) is 0 Å². The Kier molecular flexibility index (Phi) is 9.19. The van der Waals surface area contributed by atoms with E-state index in [9.17, 15) is 14.7 Å². The Morgan fingerprint density at radius 1 is 1.11 bits per heavy atom. The number of anilines is 1. The van der Waals surface area contributed by atoms with Crippen LogP contribution < -0.4 is 10.1 Å². The molecule has 0 bridgehead atoms. The zero-order valence-corrected chi connectivity index (χ0v) is 28.0. The molecule has 1 spiro atoms. The standard InChI is InChI=1S/C38H45ClN2O5/c1-23(22-46-33-12-17-40-35-32(43)11-8-24(2)34(33)35)18-28-19-27-10-9-26(25(3)42)20-31(27)37(28)13-15-38(16-14-37,36(44)45-4)41-30-7-5-6-29(39)21-30/h5-7,9-10,12,17,20-21,23-24,28,32,41,43H,8,11,13-16,18-19,22H2,1-4H3/t23-,24-,28+,32-,37?,38?/m1/s1. The van der Waals surface area contributed by atoms with Crippen LogP contribution >= 0.6 is 11.6 Å². The molecular weight excluding hydrogens is 600 g/mol. The Hall–Kier alpha value is -3.42. The molecule has 2 N–H and O–H groups in total. The predicted octanol–water partition coefficient (Wildman–Crippen LogP) is 7.98. The number of ketones is 1. The van der Waals surface area contributed by atoms with Gasteiger partial charge in [0.05, 0.1) is 25.5 Å². The molecule has 1 fully saturated rings. The first-order valence-electron chi connectivity index (χ1n) is 16.6. The van der Waals surface area contributed by atoms with E-state index in [1.54, 1.807) is 13.1 Å². The maximum Gasteiger partial charge on any atom is 0.331 e. The van der Waals surface area contributed by atoms with Crippen LogP contribution in [0.15, 0.2) is 54.7 Å². The Morgan fingerprint density at radius 2 is 1.89 bits per heavy atom. The molecule has 3 aliphatic carbocycles. The van der Waals surface area contributed by atoms with E-state index < -0.39 is 11.6 Å². The van der Waals surface area contributed by atoms with Gasteiger partial charge in [0.1, 0.15) is 11.3 Å². The highest BCUT2D eigenvalue weighted by molar-refractivity contribution is 6.30. The topological polar surface area (TPSA) is 97.8 Å². The highest BCUT2D eigenvalue weighted by atomic mass is 35.5. The molecule has 1 aromatic heterocycles. The minimum Gasteiger partial charge on any atom is -0.493 e. The zero-order chi connectivity index (χ0) is 32.6. The first-order valence-corrected chi connectivity index (χ1v) is 17.0. The lowest BCUT2D eigenvalue weighted by Gasteiger charge is -2.48. The maximum absolute atomic E-state index is 13.4. The van der Waals surface area contributed by atoms with Crippen LogP contribution in [0, 0.1) is 11.8 Å². The molecule has 0 amide bonds. The van der Waals surface area contributed by atoms with Crippen LogP contribution in [0.2, 0.25) is 5.02 Å². The lowest BCUT2D eigenvalue weighted by atomic mass is 9.59. The van der Waals surface area contributed by atoms with Gasteiger partial charge < -0.3 is 19.9 Å². The Bertz CT molecular complexity index is 1610. The number of esters is 1. The number of Topliss-reactive ketones (excluding diaryl/α,β-unsaturated/α-hetero) is 1. The molecule has 3 aromatic rings. The summed E-state index contributed by atoms with van der Waals surface area (Å²) in [6.07, 6.45) is 7.48. The summed E-state index contributed by atoms with van der Waals surface area (Å²) in [4.78, 5) is 30.4. The van der Waals surface area contributed by atoms with Crippen LogP contribution in [0.5, 0.6) is 5.75 Å². The van der Waals surface area contributed by atoms with E-state index in [1.165, 1.54) is 18.2 Å². The fourth-order valence-electron chi connectivity index (χ4n) is 8.48. The molecule has 0 aliphatic heterocycles. The molecule has 244 valence electrons. The van der Waals surface area contributed by atoms with Gasteiger partial charge in [-0.2, -0.15) is 0 Å². The maximum atomic E-state index is 13.4. The SMILES string of the molecule is COC(=O)C1(Nc2cccc(Cl)c2)CCC2(CC1)c1cc(C(C)=O)ccc1C[C@@H]2C[C@@H](C)COc1ccnc2c1[C@H](C)CC[C@H]2O. The number of rotatable bonds is 9. The number of aliphatic hydroxyl groups excluding tert-OH is 1. The second kappa shape index (κ2) is 13.0. The molecule has 8 heteroatoms. The fourth-order valence-corrected chi connectivity index (χ4v) is 8.67. The fraction of sp³-hybridized carbons (Fsp3) is 0.500. The van der Waals surface area contributed by atoms with Crippen LogP contribution in [0.1, 0.15) is 110 Å². The summed E-state index contributed by atoms with van der Waals surface area (Å²) in [6.45, 7) is 6.60. The molecule has 2 aromatic carbocycles. The lowest BCUT2D eigenvalue weighted by molar-refractivity contribution is -0.148. The molecule has 6 rings (SSSR count). The number of carbonyl (C=O) groups excluding carboxylic acids is 2. The number of benzene rings is 2. The normalized spacial score (nSPS) is 27.4. The number of pyridine rings is 1. The molecule has 46 heavy (non-hydrogen) atoms. The number of halogens is 1. The van der Waals surface area contributed by atoms with Gasteiger partial charge in [-0.25, -0.2) is 4.79 Å². The molecule has 1 saturated carbocycles. The summed E-state index contributed by atoms with van der Waals surface area (Å²) >= 11 is 6.29. The first kappa shape index (κ1) is 32.5. The van der Waals surface area contributed by atoms with E-state index in [4.69, 9.17) is 21.1 Å². The molecule has 1 heterocycles. The molecule has 0 radical (unpaired) electrons. The van der Waals surface area contributed by atoms with E-state index in [-0.39, 0.29) is 23.1 Å². The van der Waals surface area contributed by atoms with Crippen molar-refractivity contribution < 1.29 is 24.2 Å². The van der Waals surface area contributed by atoms with Gasteiger partial charge in [-0.15, -0.1) is 0 Å². The van der Waals surface area contributed by atoms with Crippen molar-refractivity contribution in [1.29, 1.82) is 0 Å². The largest absolute Gasteiger partial charge is 0.493 e. The average Bonchev–Trinajstić information content (AvgIpc) is 3.33. The smallest absolute Gasteiger partial charge is 0.331 e. The number of methoxy groups -OCH3 is 1. The third-order valence-corrected chi connectivity index (χ3v) is 11.2. The highest BCUT2D eigenvalue weighted by Gasteiger charge is 2.54. The van der Waals surface area contributed by atoms with E-state index in [0.29, 0.717) is 36.3 Å². The Morgan fingerprint density at radius 3 is 2.61 bits per heavy atom. The number of fused-ring (bicyclic) bond motifs is 3. The van der Waals surface area contributed by atoms with Crippen LogP contribution in [0.4, 0.5) is 5.69 Å². The van der Waals surface area contributed by atoms with Crippen LogP contribution in [-0.2, 0) is 21.4 Å². The predicted molar refractivity (Wildman–Crippen MR) is 180 cm³/mol. The van der Waals surface area contributed by atoms with Crippen molar-refractivity contribution in [1.82, 2.24) is 4.98 Å². The monoisotopic (exact) mass is 644 g/mol. The minimum absolute atomic E-state index is 0.0607. The van der Waals surface area contributed by atoms with Gasteiger partial charge in [0.2, 0.25) is 0 Å². The number of carbonyl (C=O) groups is 2. The van der Waals surface area contributed by atoms with Crippen molar-refractivity contribution >= 4 is 29.0 Å². The molecule has 7 nitrogen and oxygen atoms in total. The first-order chi connectivity index (χ1) is 22.0. The van der Waals surface area contributed by atoms with Gasteiger partial charge in [-0.05, 0) is 123 Å². The summed E-state index contributed by atoms with van der Waals surface area (Å²) in [7, 11) is 1.45. The summed E-state index contributed by atoms with van der Waals surface area (Å²) in [5, 5.41) is 14.7. The van der Waals surface area contributed by atoms with E-state index in [1.807, 2.05) is 36.4 Å². The zero-order valence-electron chi connectivity index (χ0n) is 27.3. The van der Waals surface area contributed by atoms with Crippen molar-refractivity contribution in [3.05, 3.63) is 87.7 Å². The van der Waals surface area contributed by atoms with E-state index in [2.05, 4.69) is 36.3 Å². The summed E-state index contributed by atoms with van der Waals surface area (Å²) in [5.74, 6) is 1.50. The van der Waals surface area contributed by atoms with Gasteiger partial charge in [-0.1, -0.05) is 43.6 Å². The van der Waals surface area contributed by atoms with Gasteiger partial charge >= 0.3 is 5.97 Å². The summed E-state index contributed by atoms with van der Waals surface area (Å²) < 4.78 is 11.8. The molecule has 0 saturated heterocycles. The minimum atomic E-state index is -0.868. The van der Waals surface area contributed by atoms with Crippen molar-refractivity contribution in [2.45, 2.75) is 95.1 Å². The van der Waals surface area contributed by atoms with Crippen molar-refractivity contribution in [3.8, 4) is 5.75 Å². The van der Waals surface area contributed by atoms with Crippen molar-refractivity contribution in [2.24, 2.45) is 11.8 Å². The number of nitrogens with zero attached hydrogens (tertiary/aromatic N) is 1. The van der Waals surface area contributed by atoms with Gasteiger partial charge in [0.25, 0.3) is 0 Å². The number of hydrogen-bond donors (Lipinski definition) is 2. The van der Waals surface area contributed by atoms with E-state index in [0.717, 1.165) is 66.8 Å². The van der Waals surface area contributed by atoms with Gasteiger partial charge in [-0.3, -0.25) is 9.78 Å². The number of hydrogen-bond acceptors (Lipinski definition) is 7. The van der Waals surface area contributed by atoms with Crippen LogP contribution in [-0.4, -0.2) is 41.1 Å². The number of ether oxygens (including phenoxy) is 2. The molecule has 0 unspecified atom stereocenters. The third kappa shape index (κ3) is 6.04. The molecule has 3 aliphatic rings. The van der Waals surface area contributed by atoms with Crippen LogP contribution in [0.3, 0.4) is 0 Å². The molecular formula is C38H45ClN2O5. The number of nitrogens with one attached hydrogen (secondary N) is 1. The quantitative estimate of drug-likeness (QED) is 0.180. The summed E-state index contributed by atoms with van der Waals surface area (Å²) in [5.41, 5.74) is 4.82. The van der Waals surface area contributed by atoms with Crippen molar-refractivity contribution in [2.75, 3.05) is 19.0 Å². The van der Waals surface area contributed by atoms with Gasteiger partial charge in [0, 0.05) is 28.0 Å². The second-order valence-corrected chi connectivity index (χ2v) is 14.4. The van der Waals surface area contributed by atoms with E-state index >= 15 is 0 Å². The number of aromatic nitrogens is 1.